The van der Waals surface area contributed by atoms with Gasteiger partial charge in [0.05, 0.1) is 5.25 Å². The van der Waals surface area contributed by atoms with Crippen molar-refractivity contribution in [3.8, 4) is 0 Å². The minimum absolute atomic E-state index is 0.00593. The molecule has 2 atom stereocenters. The van der Waals surface area contributed by atoms with Gasteiger partial charge in [0.2, 0.25) is 5.91 Å². The van der Waals surface area contributed by atoms with Crippen LogP contribution in [0.25, 0.3) is 0 Å². The van der Waals surface area contributed by atoms with Crippen LogP contribution in [0.3, 0.4) is 0 Å². The van der Waals surface area contributed by atoms with Crippen molar-refractivity contribution in [1.82, 2.24) is 10.2 Å². The summed E-state index contributed by atoms with van der Waals surface area (Å²) in [6.45, 7) is 3.47. The molecule has 1 aromatic rings. The van der Waals surface area contributed by atoms with E-state index in [1.807, 2.05) is 18.9 Å². The molecule has 1 aliphatic heterocycles. The number of thioether (sulfide) groups is 1. The first-order valence-corrected chi connectivity index (χ1v) is 7.47. The van der Waals surface area contributed by atoms with Crippen LogP contribution in [0.2, 0.25) is 0 Å². The zero-order valence-electron chi connectivity index (χ0n) is 11.2. The molecular formula is C14H19FN2OS. The Balaban J connectivity index is 2.20. The molecule has 1 heterocycles. The Morgan fingerprint density at radius 3 is 2.63 bits per heavy atom. The molecule has 19 heavy (non-hydrogen) atoms. The second-order valence-corrected chi connectivity index (χ2v) is 5.86. The molecule has 0 bridgehead atoms. The first kappa shape index (κ1) is 14.3. The van der Waals surface area contributed by atoms with Gasteiger partial charge in [0.15, 0.2) is 0 Å². The molecule has 0 radical (unpaired) electrons. The first-order valence-electron chi connectivity index (χ1n) is 6.53. The Bertz CT molecular complexity index is 438. The van der Waals surface area contributed by atoms with Gasteiger partial charge >= 0.3 is 0 Å². The van der Waals surface area contributed by atoms with Crippen LogP contribution in [-0.4, -0.2) is 36.2 Å². The SMILES string of the molecule is CC[C@@H]1S[C@@H](c2ccc(F)cc2)N(CCNC)C1=O. The predicted molar refractivity (Wildman–Crippen MR) is 76.5 cm³/mol. The van der Waals surface area contributed by atoms with Gasteiger partial charge < -0.3 is 10.2 Å². The number of nitrogens with one attached hydrogen (secondary N) is 1. The number of carbonyl (C=O) groups excluding carboxylic acids is 1. The van der Waals surface area contributed by atoms with Gasteiger partial charge in [0.1, 0.15) is 11.2 Å². The third kappa shape index (κ3) is 3.09. The van der Waals surface area contributed by atoms with Gasteiger partial charge in [-0.3, -0.25) is 4.79 Å². The second kappa shape index (κ2) is 6.39. The van der Waals surface area contributed by atoms with Crippen molar-refractivity contribution < 1.29 is 9.18 Å². The number of rotatable bonds is 5. The van der Waals surface area contributed by atoms with E-state index in [4.69, 9.17) is 0 Å². The fourth-order valence-electron chi connectivity index (χ4n) is 2.20. The summed E-state index contributed by atoms with van der Waals surface area (Å²) in [4.78, 5) is 14.2. The van der Waals surface area contributed by atoms with Crippen LogP contribution in [0.15, 0.2) is 24.3 Å². The lowest BCUT2D eigenvalue weighted by Gasteiger charge is -2.24. The van der Waals surface area contributed by atoms with Crippen molar-refractivity contribution in [2.45, 2.75) is 24.0 Å². The van der Waals surface area contributed by atoms with Gasteiger partial charge in [-0.05, 0) is 31.2 Å². The Kier molecular flexibility index (Phi) is 4.82. The number of likely N-dealkylation sites (N-methyl/N-ethyl adjacent to an activating group) is 1. The molecule has 1 amide bonds. The monoisotopic (exact) mass is 282 g/mol. The largest absolute Gasteiger partial charge is 0.324 e. The number of halogens is 1. The summed E-state index contributed by atoms with van der Waals surface area (Å²) < 4.78 is 13.0. The molecule has 104 valence electrons. The van der Waals surface area contributed by atoms with Crippen molar-refractivity contribution in [3.05, 3.63) is 35.6 Å². The van der Waals surface area contributed by atoms with Crippen molar-refractivity contribution in [1.29, 1.82) is 0 Å². The minimum Gasteiger partial charge on any atom is -0.324 e. The highest BCUT2D eigenvalue weighted by atomic mass is 32.2. The molecule has 0 saturated carbocycles. The average molecular weight is 282 g/mol. The first-order chi connectivity index (χ1) is 9.17. The van der Waals surface area contributed by atoms with Gasteiger partial charge in [0, 0.05) is 13.1 Å². The van der Waals surface area contributed by atoms with Crippen LogP contribution in [-0.2, 0) is 4.79 Å². The number of hydrogen-bond acceptors (Lipinski definition) is 3. The molecule has 1 N–H and O–H groups in total. The van der Waals surface area contributed by atoms with E-state index in [0.717, 1.165) is 18.5 Å². The Morgan fingerprint density at radius 2 is 2.05 bits per heavy atom. The molecule has 5 heteroatoms. The van der Waals surface area contributed by atoms with E-state index in [2.05, 4.69) is 5.32 Å². The third-order valence-electron chi connectivity index (χ3n) is 3.26. The van der Waals surface area contributed by atoms with Crippen LogP contribution in [0.1, 0.15) is 24.3 Å². The molecule has 0 unspecified atom stereocenters. The average Bonchev–Trinajstić information content (AvgIpc) is 2.74. The van der Waals surface area contributed by atoms with Gasteiger partial charge in [-0.25, -0.2) is 4.39 Å². The summed E-state index contributed by atoms with van der Waals surface area (Å²) in [7, 11) is 1.87. The number of carbonyl (C=O) groups is 1. The van der Waals surface area contributed by atoms with E-state index in [9.17, 15) is 9.18 Å². The number of amides is 1. The molecule has 1 saturated heterocycles. The smallest absolute Gasteiger partial charge is 0.236 e. The van der Waals surface area contributed by atoms with Crippen LogP contribution in [0.5, 0.6) is 0 Å². The normalized spacial score (nSPS) is 23.1. The standard InChI is InChI=1S/C14H19FN2OS/c1-3-12-13(18)17(9-8-16-2)14(19-12)10-4-6-11(15)7-5-10/h4-7,12,14,16H,3,8-9H2,1-2H3/t12-,14-/m0/s1. The fourth-order valence-corrected chi connectivity index (χ4v) is 3.63. The summed E-state index contributed by atoms with van der Waals surface area (Å²) in [6.07, 6.45) is 0.831. The summed E-state index contributed by atoms with van der Waals surface area (Å²) >= 11 is 1.66. The van der Waals surface area contributed by atoms with Crippen molar-refractivity contribution in [2.24, 2.45) is 0 Å². The van der Waals surface area contributed by atoms with Gasteiger partial charge in [0.25, 0.3) is 0 Å². The van der Waals surface area contributed by atoms with Crippen LogP contribution < -0.4 is 5.32 Å². The van der Waals surface area contributed by atoms with E-state index < -0.39 is 0 Å². The molecule has 2 rings (SSSR count). The summed E-state index contributed by atoms with van der Waals surface area (Å²) in [5.74, 6) is -0.0519. The fraction of sp³-hybridized carbons (Fsp3) is 0.500. The highest BCUT2D eigenvalue weighted by molar-refractivity contribution is 8.01. The van der Waals surface area contributed by atoms with Crippen molar-refractivity contribution in [3.63, 3.8) is 0 Å². The maximum absolute atomic E-state index is 13.0. The maximum Gasteiger partial charge on any atom is 0.236 e. The molecule has 0 spiro atoms. The molecule has 1 aliphatic rings. The van der Waals surface area contributed by atoms with E-state index in [1.165, 1.54) is 12.1 Å². The van der Waals surface area contributed by atoms with Gasteiger partial charge in [-0.2, -0.15) is 0 Å². The third-order valence-corrected chi connectivity index (χ3v) is 4.91. The van der Waals surface area contributed by atoms with Crippen molar-refractivity contribution in [2.75, 3.05) is 20.1 Å². The lowest BCUT2D eigenvalue weighted by atomic mass is 10.2. The van der Waals surface area contributed by atoms with Gasteiger partial charge in [-0.1, -0.05) is 19.1 Å². The predicted octanol–water partition coefficient (Wildman–Crippen LogP) is 2.40. The number of hydrogen-bond donors (Lipinski definition) is 1. The Hall–Kier alpha value is -1.07. The van der Waals surface area contributed by atoms with Crippen LogP contribution >= 0.6 is 11.8 Å². The Morgan fingerprint density at radius 1 is 1.37 bits per heavy atom. The van der Waals surface area contributed by atoms with Crippen LogP contribution in [0, 0.1) is 5.82 Å². The summed E-state index contributed by atoms with van der Waals surface area (Å²) in [6, 6.07) is 6.45. The zero-order valence-corrected chi connectivity index (χ0v) is 12.0. The van der Waals surface area contributed by atoms with E-state index in [-0.39, 0.29) is 22.3 Å². The van der Waals surface area contributed by atoms with Gasteiger partial charge in [-0.15, -0.1) is 11.8 Å². The quantitative estimate of drug-likeness (QED) is 0.900. The molecule has 3 nitrogen and oxygen atoms in total. The lowest BCUT2D eigenvalue weighted by Crippen LogP contribution is -2.35. The van der Waals surface area contributed by atoms with E-state index >= 15 is 0 Å². The molecular weight excluding hydrogens is 263 g/mol. The van der Waals surface area contributed by atoms with Crippen LogP contribution in [0.4, 0.5) is 4.39 Å². The summed E-state index contributed by atoms with van der Waals surface area (Å²) in [5.41, 5.74) is 0.992. The second-order valence-electron chi connectivity index (χ2n) is 4.57. The molecule has 0 aliphatic carbocycles. The molecule has 1 aromatic carbocycles. The summed E-state index contributed by atoms with van der Waals surface area (Å²) in [5, 5.41) is 3.09. The topological polar surface area (TPSA) is 32.3 Å². The molecule has 1 fully saturated rings. The highest BCUT2D eigenvalue weighted by Crippen LogP contribution is 2.43. The number of nitrogens with zero attached hydrogens (tertiary/aromatic N) is 1. The Labute approximate surface area is 117 Å². The lowest BCUT2D eigenvalue weighted by molar-refractivity contribution is -0.130. The van der Waals surface area contributed by atoms with Crippen molar-refractivity contribution >= 4 is 17.7 Å². The maximum atomic E-state index is 13.0. The minimum atomic E-state index is -0.244. The number of benzene rings is 1. The zero-order chi connectivity index (χ0) is 13.8. The highest BCUT2D eigenvalue weighted by Gasteiger charge is 2.39. The molecule has 0 aromatic heterocycles. The van der Waals surface area contributed by atoms with E-state index in [0.29, 0.717) is 6.54 Å². The van der Waals surface area contributed by atoms with E-state index in [1.54, 1.807) is 23.9 Å².